The van der Waals surface area contributed by atoms with Crippen LogP contribution in [0.3, 0.4) is 0 Å². The second-order valence-electron chi connectivity index (χ2n) is 9.33. The lowest BCUT2D eigenvalue weighted by Crippen LogP contribution is -2.27. The first-order chi connectivity index (χ1) is 19.1. The molecule has 0 fully saturated rings. The second-order valence-corrected chi connectivity index (χ2v) is 9.33. The van der Waals surface area contributed by atoms with Gasteiger partial charge in [-0.3, -0.25) is 9.59 Å². The van der Waals surface area contributed by atoms with Gasteiger partial charge in [-0.2, -0.15) is 17.6 Å². The van der Waals surface area contributed by atoms with E-state index >= 15 is 0 Å². The molecule has 0 atom stereocenters. The molecule has 0 aliphatic rings. The molecule has 0 aliphatic heterocycles. The molecule has 3 aromatic carbocycles. The first kappa shape index (κ1) is 30.5. The van der Waals surface area contributed by atoms with Gasteiger partial charge in [-0.05, 0) is 61.4 Å². The maximum atomic E-state index is 14.8. The predicted octanol–water partition coefficient (Wildman–Crippen LogP) is 7.57. The molecule has 40 heavy (non-hydrogen) atoms. The van der Waals surface area contributed by atoms with E-state index in [1.54, 1.807) is 23.9 Å². The van der Waals surface area contributed by atoms with E-state index in [0.29, 0.717) is 24.2 Å². The summed E-state index contributed by atoms with van der Waals surface area (Å²) in [7, 11) is 3.31. The zero-order chi connectivity index (χ0) is 29.4. The summed E-state index contributed by atoms with van der Waals surface area (Å²) >= 11 is 0. The van der Waals surface area contributed by atoms with Gasteiger partial charge in [0.15, 0.2) is 0 Å². The van der Waals surface area contributed by atoms with E-state index in [-0.39, 0.29) is 23.3 Å². The summed E-state index contributed by atoms with van der Waals surface area (Å²) in [5.41, 5.74) is 0.627. The molecule has 6 nitrogen and oxygen atoms in total. The van der Waals surface area contributed by atoms with E-state index in [9.17, 15) is 27.2 Å². The number of ether oxygens (including phenoxy) is 2. The third-order valence-corrected chi connectivity index (χ3v) is 6.21. The number of hydrogen-bond acceptors (Lipinski definition) is 4. The SMILES string of the molecule is CCCCN(C)C(=O)c1ccc(Oc2c(F)c(F)c(Oc3ccc(C(=O)N(C)CCCC)cc3)c(F)c2F)cc1. The number of carbonyl (C=O) groups is 2. The minimum atomic E-state index is -1.79. The van der Waals surface area contributed by atoms with Gasteiger partial charge in [-0.25, -0.2) is 0 Å². The van der Waals surface area contributed by atoms with E-state index in [0.717, 1.165) is 25.7 Å². The van der Waals surface area contributed by atoms with Crippen LogP contribution in [-0.4, -0.2) is 48.8 Å². The van der Waals surface area contributed by atoms with Crippen LogP contribution in [0.25, 0.3) is 0 Å². The van der Waals surface area contributed by atoms with Crippen molar-refractivity contribution in [1.82, 2.24) is 9.80 Å². The van der Waals surface area contributed by atoms with Gasteiger partial charge in [0.25, 0.3) is 11.8 Å². The van der Waals surface area contributed by atoms with Crippen LogP contribution < -0.4 is 9.47 Å². The molecule has 0 N–H and O–H groups in total. The lowest BCUT2D eigenvalue weighted by Gasteiger charge is -2.17. The molecular formula is C30H32F4N2O4. The Kier molecular flexibility index (Phi) is 10.5. The molecule has 2 amide bonds. The summed E-state index contributed by atoms with van der Waals surface area (Å²) in [4.78, 5) is 28.0. The average Bonchev–Trinajstić information content (AvgIpc) is 2.97. The zero-order valence-corrected chi connectivity index (χ0v) is 22.9. The minimum absolute atomic E-state index is 0.137. The summed E-state index contributed by atoms with van der Waals surface area (Å²) in [6, 6.07) is 10.6. The minimum Gasteiger partial charge on any atom is -0.451 e. The Bertz CT molecular complexity index is 1200. The van der Waals surface area contributed by atoms with Crippen LogP contribution in [0.2, 0.25) is 0 Å². The Labute approximate surface area is 231 Å². The van der Waals surface area contributed by atoms with Gasteiger partial charge in [0.05, 0.1) is 0 Å². The Morgan fingerprint density at radius 2 is 0.900 bits per heavy atom. The topological polar surface area (TPSA) is 59.1 Å². The number of unbranched alkanes of at least 4 members (excludes halogenated alkanes) is 2. The molecule has 214 valence electrons. The molecule has 3 aromatic rings. The summed E-state index contributed by atoms with van der Waals surface area (Å²) < 4.78 is 69.4. The fourth-order valence-electron chi connectivity index (χ4n) is 3.77. The van der Waals surface area contributed by atoms with Gasteiger partial charge < -0.3 is 19.3 Å². The van der Waals surface area contributed by atoms with Crippen LogP contribution in [0.1, 0.15) is 60.2 Å². The number of rotatable bonds is 12. The van der Waals surface area contributed by atoms with Crippen LogP contribution in [0.4, 0.5) is 17.6 Å². The molecule has 10 heteroatoms. The number of benzene rings is 3. The highest BCUT2D eigenvalue weighted by molar-refractivity contribution is 5.94. The number of amides is 2. The Hall–Kier alpha value is -4.08. The van der Waals surface area contributed by atoms with E-state index in [4.69, 9.17) is 9.47 Å². The van der Waals surface area contributed by atoms with Gasteiger partial charge in [-0.1, -0.05) is 26.7 Å². The van der Waals surface area contributed by atoms with Crippen molar-refractivity contribution in [3.63, 3.8) is 0 Å². The number of carbonyl (C=O) groups excluding carboxylic acids is 2. The van der Waals surface area contributed by atoms with E-state index in [2.05, 4.69) is 0 Å². The lowest BCUT2D eigenvalue weighted by molar-refractivity contribution is 0.0786. The van der Waals surface area contributed by atoms with Crippen LogP contribution in [0.15, 0.2) is 48.5 Å². The summed E-state index contributed by atoms with van der Waals surface area (Å²) in [5, 5.41) is 0. The normalized spacial score (nSPS) is 10.8. The largest absolute Gasteiger partial charge is 0.451 e. The van der Waals surface area contributed by atoms with Crippen molar-refractivity contribution < 1.29 is 36.6 Å². The molecular weight excluding hydrogens is 528 g/mol. The molecule has 3 rings (SSSR count). The van der Waals surface area contributed by atoms with E-state index in [1.807, 2.05) is 13.8 Å². The number of nitrogens with zero attached hydrogens (tertiary/aromatic N) is 2. The molecule has 0 saturated carbocycles. The molecule has 0 aromatic heterocycles. The zero-order valence-electron chi connectivity index (χ0n) is 22.9. The van der Waals surface area contributed by atoms with Crippen molar-refractivity contribution in [3.05, 3.63) is 82.9 Å². The van der Waals surface area contributed by atoms with E-state index < -0.39 is 34.8 Å². The smallest absolute Gasteiger partial charge is 0.253 e. The van der Waals surface area contributed by atoms with Gasteiger partial charge in [0, 0.05) is 38.3 Å². The Morgan fingerprint density at radius 1 is 0.600 bits per heavy atom. The second kappa shape index (κ2) is 13.8. The van der Waals surface area contributed by atoms with Gasteiger partial charge in [0.1, 0.15) is 11.5 Å². The van der Waals surface area contributed by atoms with Crippen molar-refractivity contribution in [1.29, 1.82) is 0 Å². The van der Waals surface area contributed by atoms with E-state index in [1.165, 1.54) is 48.5 Å². The van der Waals surface area contributed by atoms with Crippen molar-refractivity contribution in [2.75, 3.05) is 27.2 Å². The first-order valence-electron chi connectivity index (χ1n) is 13.0. The number of hydrogen-bond donors (Lipinski definition) is 0. The van der Waals surface area contributed by atoms with Crippen LogP contribution in [0, 0.1) is 23.3 Å². The van der Waals surface area contributed by atoms with Crippen molar-refractivity contribution in [3.8, 4) is 23.0 Å². The first-order valence-corrected chi connectivity index (χ1v) is 13.0. The molecule has 0 bridgehead atoms. The molecule has 0 aliphatic carbocycles. The molecule has 0 radical (unpaired) electrons. The molecule has 0 unspecified atom stereocenters. The summed E-state index contributed by atoms with van der Waals surface area (Å²) in [6.07, 6.45) is 3.51. The highest BCUT2D eigenvalue weighted by Gasteiger charge is 2.29. The lowest BCUT2D eigenvalue weighted by atomic mass is 10.2. The highest BCUT2D eigenvalue weighted by Crippen LogP contribution is 2.38. The third-order valence-electron chi connectivity index (χ3n) is 6.21. The van der Waals surface area contributed by atoms with Crippen molar-refractivity contribution >= 4 is 11.8 Å². The Balaban J connectivity index is 1.77. The molecule has 0 heterocycles. The maximum absolute atomic E-state index is 14.8. The maximum Gasteiger partial charge on any atom is 0.253 e. The van der Waals surface area contributed by atoms with Crippen molar-refractivity contribution in [2.45, 2.75) is 39.5 Å². The predicted molar refractivity (Wildman–Crippen MR) is 143 cm³/mol. The molecule has 0 spiro atoms. The summed E-state index contributed by atoms with van der Waals surface area (Å²) in [5.74, 6) is -10.5. The van der Waals surface area contributed by atoms with Crippen LogP contribution >= 0.6 is 0 Å². The van der Waals surface area contributed by atoms with Gasteiger partial charge >= 0.3 is 0 Å². The number of halogens is 4. The average molecular weight is 561 g/mol. The highest BCUT2D eigenvalue weighted by atomic mass is 19.2. The van der Waals surface area contributed by atoms with Gasteiger partial charge in [-0.15, -0.1) is 0 Å². The fraction of sp³-hybridized carbons (Fsp3) is 0.333. The molecule has 0 saturated heterocycles. The Morgan fingerprint density at radius 3 is 1.18 bits per heavy atom. The van der Waals surface area contributed by atoms with Crippen LogP contribution in [0.5, 0.6) is 23.0 Å². The third kappa shape index (κ3) is 7.11. The standard InChI is InChI=1S/C30H32F4N2O4/c1-5-7-17-35(3)29(37)19-9-13-21(14-10-19)39-27-23(31)25(33)28(26(34)24(27)32)40-22-15-11-20(12-16-22)30(38)36(4)18-8-6-2/h9-16H,5-8,17-18H2,1-4H3. The fourth-order valence-corrected chi connectivity index (χ4v) is 3.77. The summed E-state index contributed by atoms with van der Waals surface area (Å²) in [6.45, 7) is 5.14. The quantitative estimate of drug-likeness (QED) is 0.169. The van der Waals surface area contributed by atoms with Crippen LogP contribution in [-0.2, 0) is 0 Å². The van der Waals surface area contributed by atoms with Gasteiger partial charge in [0.2, 0.25) is 34.8 Å². The monoisotopic (exact) mass is 560 g/mol. The van der Waals surface area contributed by atoms with Crippen molar-refractivity contribution in [2.24, 2.45) is 0 Å².